The molecule has 0 bridgehead atoms. The van der Waals surface area contributed by atoms with Crippen LogP contribution in [0.25, 0.3) is 0 Å². The lowest BCUT2D eigenvalue weighted by atomic mass is 9.93. The number of hydrogen-bond acceptors (Lipinski definition) is 2. The zero-order chi connectivity index (χ0) is 13.7. The van der Waals surface area contributed by atoms with Crippen LogP contribution in [0.5, 0.6) is 0 Å². The van der Waals surface area contributed by atoms with Crippen molar-refractivity contribution in [2.24, 2.45) is 0 Å². The lowest BCUT2D eigenvalue weighted by Gasteiger charge is -2.26. The number of rotatable bonds is 5. The minimum absolute atomic E-state index is 0.0376. The Hall–Kier alpha value is -1.55. The van der Waals surface area contributed by atoms with Crippen molar-refractivity contribution in [2.45, 2.75) is 31.7 Å². The van der Waals surface area contributed by atoms with E-state index in [1.807, 2.05) is 6.07 Å². The van der Waals surface area contributed by atoms with Crippen LogP contribution in [0.15, 0.2) is 24.3 Å². The standard InChI is InChI=1S/C14H17ClN2O2/c15-11-4-1-3-10(7-11)8-13(18)16-9-14(19)17-12-5-2-6-12/h1,3-4,7,12H,2,5-6,8-9H2,(H,16,18)(H,17,19). The van der Waals surface area contributed by atoms with E-state index in [2.05, 4.69) is 10.6 Å². The van der Waals surface area contributed by atoms with Crippen molar-refractivity contribution in [3.8, 4) is 0 Å². The molecule has 0 unspecified atom stereocenters. The number of hydrogen-bond donors (Lipinski definition) is 2. The van der Waals surface area contributed by atoms with Gasteiger partial charge in [-0.05, 0) is 37.0 Å². The van der Waals surface area contributed by atoms with Gasteiger partial charge in [0.15, 0.2) is 0 Å². The minimum Gasteiger partial charge on any atom is -0.352 e. The largest absolute Gasteiger partial charge is 0.352 e. The van der Waals surface area contributed by atoms with Crippen LogP contribution in [-0.4, -0.2) is 24.4 Å². The van der Waals surface area contributed by atoms with Crippen LogP contribution in [0, 0.1) is 0 Å². The fourth-order valence-electron chi connectivity index (χ4n) is 1.90. The molecule has 0 atom stereocenters. The molecule has 0 aliphatic heterocycles. The van der Waals surface area contributed by atoms with Crippen LogP contribution in [-0.2, 0) is 16.0 Å². The summed E-state index contributed by atoms with van der Waals surface area (Å²) in [5, 5.41) is 6.08. The SMILES string of the molecule is O=C(Cc1cccc(Cl)c1)NCC(=O)NC1CCC1. The fourth-order valence-corrected chi connectivity index (χ4v) is 2.12. The molecule has 2 rings (SSSR count). The monoisotopic (exact) mass is 280 g/mol. The number of nitrogens with one attached hydrogen (secondary N) is 2. The molecule has 2 N–H and O–H groups in total. The molecule has 1 aliphatic rings. The molecule has 1 saturated carbocycles. The van der Waals surface area contributed by atoms with Crippen LogP contribution in [0.4, 0.5) is 0 Å². The molecule has 0 radical (unpaired) electrons. The summed E-state index contributed by atoms with van der Waals surface area (Å²) in [6.07, 6.45) is 3.49. The Morgan fingerprint density at radius 3 is 2.68 bits per heavy atom. The van der Waals surface area contributed by atoms with Gasteiger partial charge in [-0.3, -0.25) is 9.59 Å². The van der Waals surface area contributed by atoms with Crippen molar-refractivity contribution in [3.05, 3.63) is 34.9 Å². The Bertz CT molecular complexity index is 472. The predicted molar refractivity (Wildman–Crippen MR) is 73.9 cm³/mol. The van der Waals surface area contributed by atoms with E-state index in [0.717, 1.165) is 18.4 Å². The van der Waals surface area contributed by atoms with Gasteiger partial charge in [-0.15, -0.1) is 0 Å². The van der Waals surface area contributed by atoms with E-state index >= 15 is 0 Å². The van der Waals surface area contributed by atoms with E-state index < -0.39 is 0 Å². The third-order valence-corrected chi connectivity index (χ3v) is 3.41. The second-order valence-electron chi connectivity index (χ2n) is 4.78. The number of benzene rings is 1. The van der Waals surface area contributed by atoms with Crippen LogP contribution < -0.4 is 10.6 Å². The molecule has 5 heteroatoms. The number of carbonyl (C=O) groups excluding carboxylic acids is 2. The lowest BCUT2D eigenvalue weighted by Crippen LogP contribution is -2.44. The maximum absolute atomic E-state index is 11.7. The molecule has 1 fully saturated rings. The van der Waals surface area contributed by atoms with E-state index in [-0.39, 0.29) is 24.8 Å². The molecular formula is C14H17ClN2O2. The highest BCUT2D eigenvalue weighted by molar-refractivity contribution is 6.30. The molecule has 102 valence electrons. The number of amides is 2. The molecule has 0 heterocycles. The van der Waals surface area contributed by atoms with E-state index in [1.54, 1.807) is 18.2 Å². The van der Waals surface area contributed by atoms with Gasteiger partial charge in [0, 0.05) is 11.1 Å². The zero-order valence-corrected chi connectivity index (χ0v) is 11.4. The van der Waals surface area contributed by atoms with Crippen LogP contribution in [0.1, 0.15) is 24.8 Å². The first-order chi connectivity index (χ1) is 9.13. The van der Waals surface area contributed by atoms with E-state index in [9.17, 15) is 9.59 Å². The van der Waals surface area contributed by atoms with E-state index in [0.29, 0.717) is 11.1 Å². The summed E-state index contributed by atoms with van der Waals surface area (Å²) >= 11 is 5.84. The van der Waals surface area contributed by atoms with Gasteiger partial charge in [-0.2, -0.15) is 0 Å². The first-order valence-electron chi connectivity index (χ1n) is 6.44. The summed E-state index contributed by atoms with van der Waals surface area (Å²) in [7, 11) is 0. The molecule has 4 nitrogen and oxygen atoms in total. The highest BCUT2D eigenvalue weighted by Crippen LogP contribution is 2.17. The van der Waals surface area contributed by atoms with Gasteiger partial charge < -0.3 is 10.6 Å². The molecule has 0 spiro atoms. The summed E-state index contributed by atoms with van der Waals surface area (Å²) < 4.78 is 0. The van der Waals surface area contributed by atoms with Gasteiger partial charge in [0.25, 0.3) is 0 Å². The molecule has 2 amide bonds. The highest BCUT2D eigenvalue weighted by Gasteiger charge is 2.19. The Balaban J connectivity index is 1.70. The second-order valence-corrected chi connectivity index (χ2v) is 5.22. The maximum Gasteiger partial charge on any atom is 0.239 e. The molecule has 19 heavy (non-hydrogen) atoms. The van der Waals surface area contributed by atoms with Crippen LogP contribution in [0.3, 0.4) is 0 Å². The Morgan fingerprint density at radius 1 is 1.26 bits per heavy atom. The van der Waals surface area contributed by atoms with Crippen molar-refractivity contribution in [1.82, 2.24) is 10.6 Å². The maximum atomic E-state index is 11.7. The Kier molecular flexibility index (Phi) is 4.80. The normalized spacial score (nSPS) is 14.6. The van der Waals surface area contributed by atoms with Gasteiger partial charge >= 0.3 is 0 Å². The summed E-state index contributed by atoms with van der Waals surface area (Å²) in [6, 6.07) is 7.44. The Morgan fingerprint density at radius 2 is 2.05 bits per heavy atom. The molecular weight excluding hydrogens is 264 g/mol. The summed E-state index contributed by atoms with van der Waals surface area (Å²) in [6.45, 7) is 0.0376. The number of halogens is 1. The topological polar surface area (TPSA) is 58.2 Å². The molecule has 1 aliphatic carbocycles. The average Bonchev–Trinajstić information content (AvgIpc) is 2.31. The molecule has 1 aromatic rings. The van der Waals surface area contributed by atoms with Crippen LogP contribution >= 0.6 is 11.6 Å². The highest BCUT2D eigenvalue weighted by atomic mass is 35.5. The van der Waals surface area contributed by atoms with Gasteiger partial charge in [-0.25, -0.2) is 0 Å². The van der Waals surface area contributed by atoms with E-state index in [1.165, 1.54) is 6.42 Å². The minimum atomic E-state index is -0.175. The van der Waals surface area contributed by atoms with Gasteiger partial charge in [-0.1, -0.05) is 23.7 Å². The van der Waals surface area contributed by atoms with Crippen molar-refractivity contribution < 1.29 is 9.59 Å². The summed E-state index contributed by atoms with van der Waals surface area (Å²) in [5.74, 6) is -0.296. The van der Waals surface area contributed by atoms with Crippen LogP contribution in [0.2, 0.25) is 5.02 Å². The summed E-state index contributed by atoms with van der Waals surface area (Å²) in [5.41, 5.74) is 0.837. The van der Waals surface area contributed by atoms with Crippen molar-refractivity contribution in [1.29, 1.82) is 0 Å². The van der Waals surface area contributed by atoms with Crippen molar-refractivity contribution >= 4 is 23.4 Å². The zero-order valence-electron chi connectivity index (χ0n) is 10.6. The quantitative estimate of drug-likeness (QED) is 0.862. The predicted octanol–water partition coefficient (Wildman–Crippen LogP) is 1.67. The molecule has 1 aromatic carbocycles. The average molecular weight is 281 g/mol. The third kappa shape index (κ3) is 4.56. The third-order valence-electron chi connectivity index (χ3n) is 3.17. The first kappa shape index (κ1) is 13.9. The van der Waals surface area contributed by atoms with Gasteiger partial charge in [0.1, 0.15) is 0 Å². The second kappa shape index (κ2) is 6.57. The lowest BCUT2D eigenvalue weighted by molar-refractivity contribution is -0.126. The van der Waals surface area contributed by atoms with Gasteiger partial charge in [0.2, 0.25) is 11.8 Å². The first-order valence-corrected chi connectivity index (χ1v) is 6.82. The molecule has 0 saturated heterocycles. The smallest absolute Gasteiger partial charge is 0.239 e. The summed E-state index contributed by atoms with van der Waals surface area (Å²) in [4.78, 5) is 23.2. The van der Waals surface area contributed by atoms with Gasteiger partial charge in [0.05, 0.1) is 13.0 Å². The van der Waals surface area contributed by atoms with Crippen molar-refractivity contribution in [3.63, 3.8) is 0 Å². The fraction of sp³-hybridized carbons (Fsp3) is 0.429. The number of carbonyl (C=O) groups is 2. The molecule has 0 aromatic heterocycles. The Labute approximate surface area is 117 Å². The van der Waals surface area contributed by atoms with E-state index in [4.69, 9.17) is 11.6 Å². The van der Waals surface area contributed by atoms with Crippen molar-refractivity contribution in [2.75, 3.05) is 6.54 Å².